The summed E-state index contributed by atoms with van der Waals surface area (Å²) in [6.07, 6.45) is 0.883. The van der Waals surface area contributed by atoms with Crippen LogP contribution in [0.4, 0.5) is 0 Å². The molecule has 2 aliphatic heterocycles. The fraction of sp³-hybridized carbons (Fsp3) is 0.600. The second-order valence-corrected chi connectivity index (χ2v) is 7.76. The zero-order valence-corrected chi connectivity index (χ0v) is 12.9. The first-order valence-electron chi connectivity index (χ1n) is 7.34. The first-order valence-corrected chi connectivity index (χ1v) is 8.78. The van der Waals surface area contributed by atoms with Gasteiger partial charge < -0.3 is 5.32 Å². The number of benzene rings is 1. The molecule has 3 atom stereocenters. The van der Waals surface area contributed by atoms with Crippen LogP contribution >= 0.6 is 0 Å². The predicted molar refractivity (Wildman–Crippen MR) is 79.0 cm³/mol. The molecule has 5 heteroatoms. The Morgan fingerprint density at radius 3 is 2.75 bits per heavy atom. The van der Waals surface area contributed by atoms with Gasteiger partial charge in [-0.3, -0.25) is 0 Å². The number of hydrogen-bond donors (Lipinski definition) is 1. The molecule has 110 valence electrons. The molecule has 0 aliphatic carbocycles. The Morgan fingerprint density at radius 1 is 1.30 bits per heavy atom. The van der Waals surface area contributed by atoms with Gasteiger partial charge in [-0.25, -0.2) is 8.42 Å². The standard InChI is InChI=1S/C15H22N2O2S/c1-3-14-13-9-16-8-12(13)10-17(14)20(18,19)15-7-5-4-6-11(15)2/h4-7,12-14,16H,3,8-10H2,1-2H3. The molecule has 1 aromatic carbocycles. The molecule has 0 saturated carbocycles. The molecule has 20 heavy (non-hydrogen) atoms. The van der Waals surface area contributed by atoms with Gasteiger partial charge in [0.2, 0.25) is 10.0 Å². The van der Waals surface area contributed by atoms with Crippen molar-refractivity contribution >= 4 is 10.0 Å². The van der Waals surface area contributed by atoms with E-state index in [9.17, 15) is 8.42 Å². The minimum absolute atomic E-state index is 0.139. The quantitative estimate of drug-likeness (QED) is 0.921. The van der Waals surface area contributed by atoms with E-state index in [4.69, 9.17) is 0 Å². The third-order valence-corrected chi connectivity index (χ3v) is 6.82. The molecule has 0 aromatic heterocycles. The van der Waals surface area contributed by atoms with Gasteiger partial charge in [-0.2, -0.15) is 4.31 Å². The maximum absolute atomic E-state index is 13.0. The Bertz CT molecular complexity index is 600. The molecule has 2 aliphatic rings. The van der Waals surface area contributed by atoms with E-state index in [0.717, 1.165) is 25.1 Å². The smallest absolute Gasteiger partial charge is 0.243 e. The van der Waals surface area contributed by atoms with Crippen LogP contribution in [0.15, 0.2) is 29.2 Å². The molecular weight excluding hydrogens is 272 g/mol. The van der Waals surface area contributed by atoms with E-state index in [1.54, 1.807) is 16.4 Å². The monoisotopic (exact) mass is 294 g/mol. The summed E-state index contributed by atoms with van der Waals surface area (Å²) in [5.41, 5.74) is 0.831. The third kappa shape index (κ3) is 2.08. The molecule has 3 rings (SSSR count). The second kappa shape index (κ2) is 5.13. The summed E-state index contributed by atoms with van der Waals surface area (Å²) in [5, 5.41) is 3.39. The van der Waals surface area contributed by atoms with Crippen molar-refractivity contribution in [1.82, 2.24) is 9.62 Å². The van der Waals surface area contributed by atoms with Crippen molar-refractivity contribution in [3.05, 3.63) is 29.8 Å². The molecule has 3 unspecified atom stereocenters. The fourth-order valence-corrected chi connectivity index (χ4v) is 5.77. The van der Waals surface area contributed by atoms with Crippen LogP contribution in [0.3, 0.4) is 0 Å². The summed E-state index contributed by atoms with van der Waals surface area (Å²) in [7, 11) is -3.37. The van der Waals surface area contributed by atoms with Crippen LogP contribution in [-0.4, -0.2) is 38.4 Å². The Balaban J connectivity index is 1.98. The van der Waals surface area contributed by atoms with Crippen LogP contribution in [0.2, 0.25) is 0 Å². The van der Waals surface area contributed by atoms with E-state index in [2.05, 4.69) is 12.2 Å². The number of fused-ring (bicyclic) bond motifs is 1. The molecule has 4 nitrogen and oxygen atoms in total. The van der Waals surface area contributed by atoms with Gasteiger partial charge in [0.1, 0.15) is 0 Å². The van der Waals surface area contributed by atoms with Crippen LogP contribution < -0.4 is 5.32 Å². The van der Waals surface area contributed by atoms with Crippen molar-refractivity contribution in [2.75, 3.05) is 19.6 Å². The van der Waals surface area contributed by atoms with Gasteiger partial charge in [-0.05, 0) is 49.9 Å². The predicted octanol–water partition coefficient (Wildman–Crippen LogP) is 1.61. The van der Waals surface area contributed by atoms with E-state index in [1.807, 2.05) is 19.1 Å². The van der Waals surface area contributed by atoms with Gasteiger partial charge in [0.05, 0.1) is 4.90 Å². The molecule has 2 fully saturated rings. The lowest BCUT2D eigenvalue weighted by molar-refractivity contribution is 0.329. The maximum Gasteiger partial charge on any atom is 0.243 e. The number of rotatable bonds is 3. The van der Waals surface area contributed by atoms with Crippen molar-refractivity contribution < 1.29 is 8.42 Å². The Hall–Kier alpha value is -0.910. The molecule has 0 bridgehead atoms. The first kappa shape index (κ1) is 14.0. The minimum Gasteiger partial charge on any atom is -0.316 e. The Morgan fingerprint density at radius 2 is 2.05 bits per heavy atom. The van der Waals surface area contributed by atoms with Crippen LogP contribution in [0, 0.1) is 18.8 Å². The average Bonchev–Trinajstić information content (AvgIpc) is 2.98. The molecule has 0 radical (unpaired) electrons. The lowest BCUT2D eigenvalue weighted by Crippen LogP contribution is -2.39. The molecule has 2 saturated heterocycles. The van der Waals surface area contributed by atoms with E-state index in [-0.39, 0.29) is 6.04 Å². The number of sulfonamides is 1. The van der Waals surface area contributed by atoms with Crippen LogP contribution in [0.1, 0.15) is 18.9 Å². The molecule has 1 N–H and O–H groups in total. The van der Waals surface area contributed by atoms with Gasteiger partial charge >= 0.3 is 0 Å². The van der Waals surface area contributed by atoms with Gasteiger partial charge in [0.25, 0.3) is 0 Å². The Labute approximate surface area is 121 Å². The van der Waals surface area contributed by atoms with Crippen molar-refractivity contribution in [2.45, 2.75) is 31.2 Å². The highest BCUT2D eigenvalue weighted by Gasteiger charge is 2.48. The van der Waals surface area contributed by atoms with Crippen molar-refractivity contribution in [3.8, 4) is 0 Å². The molecule has 2 heterocycles. The van der Waals surface area contributed by atoms with E-state index in [0.29, 0.717) is 23.3 Å². The lowest BCUT2D eigenvalue weighted by Gasteiger charge is -2.26. The van der Waals surface area contributed by atoms with Crippen LogP contribution in [-0.2, 0) is 10.0 Å². The van der Waals surface area contributed by atoms with E-state index >= 15 is 0 Å². The molecular formula is C15H22N2O2S. The number of nitrogens with zero attached hydrogens (tertiary/aromatic N) is 1. The van der Waals surface area contributed by atoms with Crippen LogP contribution in [0.25, 0.3) is 0 Å². The summed E-state index contributed by atoms with van der Waals surface area (Å²) >= 11 is 0. The topological polar surface area (TPSA) is 49.4 Å². The molecule has 0 spiro atoms. The SMILES string of the molecule is CCC1C2CNCC2CN1S(=O)(=O)c1ccccc1C. The highest BCUT2D eigenvalue weighted by atomic mass is 32.2. The summed E-state index contributed by atoms with van der Waals surface area (Å²) in [4.78, 5) is 0.464. The van der Waals surface area contributed by atoms with Gasteiger partial charge in [-0.15, -0.1) is 0 Å². The Kier molecular flexibility index (Phi) is 3.60. The molecule has 0 amide bonds. The second-order valence-electron chi connectivity index (χ2n) is 5.90. The highest BCUT2D eigenvalue weighted by molar-refractivity contribution is 7.89. The lowest BCUT2D eigenvalue weighted by atomic mass is 9.93. The highest BCUT2D eigenvalue weighted by Crippen LogP contribution is 2.38. The van der Waals surface area contributed by atoms with E-state index in [1.165, 1.54) is 0 Å². The number of hydrogen-bond acceptors (Lipinski definition) is 3. The summed E-state index contributed by atoms with van der Waals surface area (Å²) in [6, 6.07) is 7.42. The maximum atomic E-state index is 13.0. The van der Waals surface area contributed by atoms with E-state index < -0.39 is 10.0 Å². The van der Waals surface area contributed by atoms with Crippen LogP contribution in [0.5, 0.6) is 0 Å². The van der Waals surface area contributed by atoms with Crippen molar-refractivity contribution in [3.63, 3.8) is 0 Å². The third-order valence-electron chi connectivity index (χ3n) is 4.77. The summed E-state index contributed by atoms with van der Waals surface area (Å²) in [5.74, 6) is 0.942. The normalized spacial score (nSPS) is 30.6. The zero-order valence-electron chi connectivity index (χ0n) is 12.0. The summed E-state index contributed by atoms with van der Waals surface area (Å²) in [6.45, 7) is 6.51. The minimum atomic E-state index is -3.37. The van der Waals surface area contributed by atoms with Gasteiger partial charge in [0, 0.05) is 12.6 Å². The molecule has 1 aromatic rings. The van der Waals surface area contributed by atoms with Crippen molar-refractivity contribution in [1.29, 1.82) is 0 Å². The number of aryl methyl sites for hydroxylation is 1. The van der Waals surface area contributed by atoms with Gasteiger partial charge in [0.15, 0.2) is 0 Å². The fourth-order valence-electron chi connectivity index (χ4n) is 3.74. The zero-order chi connectivity index (χ0) is 14.3. The first-order chi connectivity index (χ1) is 9.55. The summed E-state index contributed by atoms with van der Waals surface area (Å²) < 4.78 is 27.7. The number of nitrogens with one attached hydrogen (secondary N) is 1. The average molecular weight is 294 g/mol. The largest absolute Gasteiger partial charge is 0.316 e. The van der Waals surface area contributed by atoms with Crippen molar-refractivity contribution in [2.24, 2.45) is 11.8 Å². The van der Waals surface area contributed by atoms with Gasteiger partial charge in [-0.1, -0.05) is 25.1 Å².